The largest absolute Gasteiger partial charge is 0.349 e. The van der Waals surface area contributed by atoms with Crippen LogP contribution in [-0.4, -0.2) is 48.8 Å². The van der Waals surface area contributed by atoms with Gasteiger partial charge in [0.15, 0.2) is 0 Å². The summed E-state index contributed by atoms with van der Waals surface area (Å²) in [6.07, 6.45) is 2.04. The predicted molar refractivity (Wildman–Crippen MR) is 113 cm³/mol. The molecule has 29 heavy (non-hydrogen) atoms. The van der Waals surface area contributed by atoms with Crippen LogP contribution >= 0.6 is 0 Å². The van der Waals surface area contributed by atoms with Gasteiger partial charge in [-0.2, -0.15) is 0 Å². The summed E-state index contributed by atoms with van der Waals surface area (Å²) in [7, 11) is 1.70. The molecule has 3 rings (SSSR count). The summed E-state index contributed by atoms with van der Waals surface area (Å²) < 4.78 is 0. The Kier molecular flexibility index (Phi) is 6.61. The summed E-state index contributed by atoms with van der Waals surface area (Å²) >= 11 is 0. The third-order valence-electron chi connectivity index (χ3n) is 4.48. The van der Waals surface area contributed by atoms with Gasteiger partial charge in [0.25, 0.3) is 5.91 Å². The minimum Gasteiger partial charge on any atom is -0.349 e. The average Bonchev–Trinajstić information content (AvgIpc) is 3.47. The summed E-state index contributed by atoms with van der Waals surface area (Å²) in [5.74, 6) is -0.577. The van der Waals surface area contributed by atoms with Gasteiger partial charge in [-0.25, -0.2) is 0 Å². The molecule has 0 atom stereocenters. The number of amides is 3. The topological polar surface area (TPSA) is 90.5 Å². The fourth-order valence-corrected chi connectivity index (χ4v) is 2.82. The molecule has 2 aromatic carbocycles. The highest BCUT2D eigenvalue weighted by Gasteiger charge is 2.23. The summed E-state index contributed by atoms with van der Waals surface area (Å²) in [6.45, 7) is 2.12. The number of nitrogens with one attached hydrogen (secondary N) is 3. The molecule has 3 N–H and O–H groups in total. The molecule has 0 heterocycles. The Labute approximate surface area is 170 Å². The number of carbonyl (C=O) groups is 3. The first kappa shape index (κ1) is 20.5. The van der Waals surface area contributed by atoms with Crippen molar-refractivity contribution in [2.24, 2.45) is 0 Å². The van der Waals surface area contributed by atoms with Crippen LogP contribution in [0.15, 0.2) is 48.5 Å². The van der Waals surface area contributed by atoms with Crippen molar-refractivity contribution in [3.63, 3.8) is 0 Å². The van der Waals surface area contributed by atoms with Crippen molar-refractivity contribution in [2.75, 3.05) is 30.8 Å². The van der Waals surface area contributed by atoms with Gasteiger partial charge in [0.1, 0.15) is 0 Å². The van der Waals surface area contributed by atoms with Crippen molar-refractivity contribution in [3.05, 3.63) is 59.7 Å². The lowest BCUT2D eigenvalue weighted by atomic mass is 10.2. The molecule has 0 unspecified atom stereocenters. The second-order valence-electron chi connectivity index (χ2n) is 7.46. The Bertz CT molecular complexity index is 891. The minimum atomic E-state index is -0.254. The highest BCUT2D eigenvalue weighted by molar-refractivity contribution is 5.98. The van der Waals surface area contributed by atoms with Crippen LogP contribution in [0.25, 0.3) is 0 Å². The Hall–Kier alpha value is -3.19. The number of hydrogen-bond acceptors (Lipinski definition) is 4. The van der Waals surface area contributed by atoms with E-state index in [0.29, 0.717) is 11.3 Å². The number of hydrogen-bond donors (Lipinski definition) is 3. The van der Waals surface area contributed by atoms with Crippen LogP contribution in [0.3, 0.4) is 0 Å². The molecular weight excluding hydrogens is 368 g/mol. The fourth-order valence-electron chi connectivity index (χ4n) is 2.82. The molecule has 2 aromatic rings. The summed E-state index contributed by atoms with van der Waals surface area (Å²) in [6, 6.07) is 14.6. The van der Waals surface area contributed by atoms with E-state index in [1.165, 1.54) is 0 Å². The second kappa shape index (κ2) is 9.34. The number of carbonyl (C=O) groups excluding carboxylic acids is 3. The molecule has 7 nitrogen and oxygen atoms in total. The summed E-state index contributed by atoms with van der Waals surface area (Å²) in [5, 5.41) is 8.50. The maximum absolute atomic E-state index is 12.3. The monoisotopic (exact) mass is 394 g/mol. The first-order valence-corrected chi connectivity index (χ1v) is 9.65. The van der Waals surface area contributed by atoms with Crippen LogP contribution in [0.5, 0.6) is 0 Å². The van der Waals surface area contributed by atoms with Gasteiger partial charge in [-0.05, 0) is 57.1 Å². The first-order chi connectivity index (χ1) is 13.9. The first-order valence-electron chi connectivity index (χ1n) is 9.65. The molecule has 0 saturated heterocycles. The van der Waals surface area contributed by atoms with E-state index in [-0.39, 0.29) is 36.9 Å². The quantitative estimate of drug-likeness (QED) is 0.641. The molecule has 3 amide bonds. The fraction of sp³-hybridized carbons (Fsp3) is 0.318. The number of anilines is 2. The molecule has 0 aliphatic heterocycles. The predicted octanol–water partition coefficient (Wildman–Crippen LogP) is 2.40. The van der Waals surface area contributed by atoms with Crippen molar-refractivity contribution in [1.29, 1.82) is 0 Å². The van der Waals surface area contributed by atoms with E-state index < -0.39 is 0 Å². The van der Waals surface area contributed by atoms with Crippen LogP contribution in [-0.2, 0) is 9.59 Å². The third kappa shape index (κ3) is 6.73. The van der Waals surface area contributed by atoms with Crippen molar-refractivity contribution < 1.29 is 14.4 Å². The molecule has 7 heteroatoms. The van der Waals surface area contributed by atoms with Crippen molar-refractivity contribution in [1.82, 2.24) is 10.2 Å². The number of benzene rings is 2. The third-order valence-corrected chi connectivity index (χ3v) is 4.48. The van der Waals surface area contributed by atoms with Crippen LogP contribution in [0.2, 0.25) is 0 Å². The molecular formula is C22H26N4O3. The van der Waals surface area contributed by atoms with Crippen molar-refractivity contribution in [3.8, 4) is 0 Å². The molecule has 1 aliphatic rings. The SMILES string of the molecule is Cc1ccc(NC(=O)CN(C)CC(=O)Nc2cccc(C(=O)NC3CC3)c2)cc1. The smallest absolute Gasteiger partial charge is 0.251 e. The van der Waals surface area contributed by atoms with Gasteiger partial charge < -0.3 is 16.0 Å². The Morgan fingerprint density at radius 2 is 1.55 bits per heavy atom. The number of rotatable bonds is 8. The number of likely N-dealkylation sites (N-methyl/N-ethyl adjacent to an activating group) is 1. The normalized spacial score (nSPS) is 13.1. The zero-order chi connectivity index (χ0) is 20.8. The summed E-state index contributed by atoms with van der Waals surface area (Å²) in [4.78, 5) is 38.2. The van der Waals surface area contributed by atoms with E-state index in [1.54, 1.807) is 36.2 Å². The molecule has 0 radical (unpaired) electrons. The van der Waals surface area contributed by atoms with Gasteiger partial charge in [-0.15, -0.1) is 0 Å². The van der Waals surface area contributed by atoms with Crippen LogP contribution in [0.1, 0.15) is 28.8 Å². The zero-order valence-electron chi connectivity index (χ0n) is 16.7. The standard InChI is InChI=1S/C22H26N4O3/c1-15-6-8-17(9-7-15)23-20(27)13-26(2)14-21(28)24-19-5-3-4-16(12-19)22(29)25-18-10-11-18/h3-9,12,18H,10-11,13-14H2,1-2H3,(H,23,27)(H,24,28)(H,25,29). The van der Waals surface area contributed by atoms with Crippen LogP contribution in [0, 0.1) is 6.92 Å². The summed E-state index contributed by atoms with van der Waals surface area (Å²) in [5.41, 5.74) is 2.90. The molecule has 0 aromatic heterocycles. The highest BCUT2D eigenvalue weighted by atomic mass is 16.2. The zero-order valence-corrected chi connectivity index (χ0v) is 16.7. The molecule has 1 saturated carbocycles. The molecule has 1 fully saturated rings. The minimum absolute atomic E-state index is 0.0554. The Morgan fingerprint density at radius 1 is 0.931 bits per heavy atom. The number of nitrogens with zero attached hydrogens (tertiary/aromatic N) is 1. The molecule has 0 bridgehead atoms. The second-order valence-corrected chi connectivity index (χ2v) is 7.46. The molecule has 0 spiro atoms. The Balaban J connectivity index is 1.46. The van der Waals surface area contributed by atoms with Gasteiger partial charge >= 0.3 is 0 Å². The van der Waals surface area contributed by atoms with E-state index in [4.69, 9.17) is 0 Å². The van der Waals surface area contributed by atoms with Gasteiger partial charge in [0.05, 0.1) is 13.1 Å². The van der Waals surface area contributed by atoms with Gasteiger partial charge in [-0.1, -0.05) is 23.8 Å². The molecule has 1 aliphatic carbocycles. The van der Waals surface area contributed by atoms with E-state index in [2.05, 4.69) is 16.0 Å². The number of aryl methyl sites for hydroxylation is 1. The average molecular weight is 394 g/mol. The lowest BCUT2D eigenvalue weighted by Gasteiger charge is -2.16. The van der Waals surface area contributed by atoms with Gasteiger partial charge in [0, 0.05) is 23.0 Å². The van der Waals surface area contributed by atoms with E-state index >= 15 is 0 Å². The van der Waals surface area contributed by atoms with Crippen LogP contribution in [0.4, 0.5) is 11.4 Å². The maximum atomic E-state index is 12.3. The maximum Gasteiger partial charge on any atom is 0.251 e. The lowest BCUT2D eigenvalue weighted by molar-refractivity contribution is -0.119. The van der Waals surface area contributed by atoms with Gasteiger partial charge in [0.2, 0.25) is 11.8 Å². The van der Waals surface area contributed by atoms with Crippen molar-refractivity contribution >= 4 is 29.1 Å². The molecule has 152 valence electrons. The highest BCUT2D eigenvalue weighted by Crippen LogP contribution is 2.20. The van der Waals surface area contributed by atoms with Gasteiger partial charge in [-0.3, -0.25) is 19.3 Å². The van der Waals surface area contributed by atoms with Crippen molar-refractivity contribution in [2.45, 2.75) is 25.8 Å². The van der Waals surface area contributed by atoms with E-state index in [0.717, 1.165) is 24.1 Å². The Morgan fingerprint density at radius 3 is 2.17 bits per heavy atom. The van der Waals surface area contributed by atoms with E-state index in [1.807, 2.05) is 31.2 Å². The van der Waals surface area contributed by atoms with Crippen LogP contribution < -0.4 is 16.0 Å². The van der Waals surface area contributed by atoms with E-state index in [9.17, 15) is 14.4 Å². The lowest BCUT2D eigenvalue weighted by Crippen LogP contribution is -2.36.